The molecule has 1 aliphatic heterocycles. The molecule has 0 bridgehead atoms. The lowest BCUT2D eigenvalue weighted by atomic mass is 10.2. The fourth-order valence-corrected chi connectivity index (χ4v) is 2.77. The topological polar surface area (TPSA) is 58.3 Å². The first-order valence-electron chi connectivity index (χ1n) is 7.30. The zero-order valence-electron chi connectivity index (χ0n) is 12.6. The fraction of sp³-hybridized carbons (Fsp3) is 0.375. The molecule has 0 amide bonds. The van der Waals surface area contributed by atoms with E-state index in [1.165, 1.54) is 0 Å². The van der Waals surface area contributed by atoms with Crippen molar-refractivity contribution in [3.8, 4) is 0 Å². The lowest BCUT2D eigenvalue weighted by Gasteiger charge is -2.36. The first-order chi connectivity index (χ1) is 10.1. The summed E-state index contributed by atoms with van der Waals surface area (Å²) in [4.78, 5) is 13.7. The van der Waals surface area contributed by atoms with Crippen LogP contribution in [0.15, 0.2) is 30.3 Å². The minimum Gasteiger partial charge on any atom is -0.397 e. The first-order valence-corrected chi connectivity index (χ1v) is 7.30. The molecule has 1 aromatic carbocycles. The van der Waals surface area contributed by atoms with Gasteiger partial charge in [0.15, 0.2) is 0 Å². The highest BCUT2D eigenvalue weighted by Crippen LogP contribution is 2.24. The van der Waals surface area contributed by atoms with Gasteiger partial charge in [0.05, 0.1) is 11.4 Å². The van der Waals surface area contributed by atoms with Crippen LogP contribution in [0.25, 0.3) is 0 Å². The van der Waals surface area contributed by atoms with E-state index in [4.69, 9.17) is 5.73 Å². The minimum atomic E-state index is 0.841. The Balaban J connectivity index is 1.72. The van der Waals surface area contributed by atoms with Gasteiger partial charge in [0.25, 0.3) is 0 Å². The highest BCUT2D eigenvalue weighted by molar-refractivity contribution is 5.67. The molecule has 2 N–H and O–H groups in total. The van der Waals surface area contributed by atoms with Crippen molar-refractivity contribution < 1.29 is 0 Å². The third-order valence-electron chi connectivity index (χ3n) is 3.81. The maximum absolute atomic E-state index is 6.06. The molecule has 1 aliphatic rings. The number of aromatic nitrogens is 2. The summed E-state index contributed by atoms with van der Waals surface area (Å²) in [5.41, 5.74) is 10.1. The number of nitrogens with zero attached hydrogens (tertiary/aromatic N) is 4. The highest BCUT2D eigenvalue weighted by atomic mass is 15.3. The monoisotopic (exact) mass is 283 g/mol. The summed E-state index contributed by atoms with van der Waals surface area (Å²) in [7, 11) is 0. The third-order valence-corrected chi connectivity index (χ3v) is 3.81. The van der Waals surface area contributed by atoms with Crippen molar-refractivity contribution in [2.45, 2.75) is 13.8 Å². The van der Waals surface area contributed by atoms with Crippen LogP contribution in [0.1, 0.15) is 11.4 Å². The van der Waals surface area contributed by atoms with Crippen molar-refractivity contribution in [2.24, 2.45) is 0 Å². The number of aryl methyl sites for hydroxylation is 2. The van der Waals surface area contributed by atoms with E-state index < -0.39 is 0 Å². The summed E-state index contributed by atoms with van der Waals surface area (Å²) in [6, 6.07) is 10.0. The minimum absolute atomic E-state index is 0.841. The van der Waals surface area contributed by atoms with E-state index in [1.807, 2.05) is 38.1 Å². The van der Waals surface area contributed by atoms with E-state index in [9.17, 15) is 0 Å². The molecule has 1 fully saturated rings. The van der Waals surface area contributed by atoms with Gasteiger partial charge in [-0.25, -0.2) is 9.97 Å². The lowest BCUT2D eigenvalue weighted by Crippen LogP contribution is -2.47. The van der Waals surface area contributed by atoms with Crippen LogP contribution in [0.5, 0.6) is 0 Å². The van der Waals surface area contributed by atoms with Crippen molar-refractivity contribution in [1.82, 2.24) is 9.97 Å². The molecule has 0 aliphatic carbocycles. The largest absolute Gasteiger partial charge is 0.397 e. The Kier molecular flexibility index (Phi) is 3.64. The van der Waals surface area contributed by atoms with Crippen molar-refractivity contribution in [3.05, 3.63) is 41.7 Å². The van der Waals surface area contributed by atoms with Crippen molar-refractivity contribution >= 4 is 17.3 Å². The average molecular weight is 283 g/mol. The molecule has 21 heavy (non-hydrogen) atoms. The van der Waals surface area contributed by atoms with Crippen LogP contribution in [0.2, 0.25) is 0 Å². The van der Waals surface area contributed by atoms with Crippen LogP contribution in [0.3, 0.4) is 0 Å². The standard InChI is InChI=1S/C16H21N5/c1-12-11-13(2)19-16(18-12)21-9-7-20(8-10-21)15-6-4-3-5-14(15)17/h3-6,11H,7-10,17H2,1-2H3. The van der Waals surface area contributed by atoms with E-state index >= 15 is 0 Å². The lowest BCUT2D eigenvalue weighted by molar-refractivity contribution is 0.638. The van der Waals surface area contributed by atoms with Crippen molar-refractivity contribution in [1.29, 1.82) is 0 Å². The maximum Gasteiger partial charge on any atom is 0.225 e. The predicted octanol–water partition coefficient (Wildman–Crippen LogP) is 2.00. The Bertz CT molecular complexity index is 612. The summed E-state index contributed by atoms with van der Waals surface area (Å²) < 4.78 is 0. The Morgan fingerprint density at radius 1 is 0.905 bits per heavy atom. The normalized spacial score (nSPS) is 15.3. The molecule has 5 heteroatoms. The molecule has 1 aromatic heterocycles. The smallest absolute Gasteiger partial charge is 0.225 e. The molecule has 0 spiro atoms. The van der Waals surface area contributed by atoms with Gasteiger partial charge < -0.3 is 15.5 Å². The molecule has 2 heterocycles. The Labute approximate surface area is 125 Å². The van der Waals surface area contributed by atoms with Gasteiger partial charge in [-0.1, -0.05) is 12.1 Å². The van der Waals surface area contributed by atoms with Crippen LogP contribution in [0.4, 0.5) is 17.3 Å². The molecular weight excluding hydrogens is 262 g/mol. The summed E-state index contributed by atoms with van der Waals surface area (Å²) >= 11 is 0. The zero-order valence-corrected chi connectivity index (χ0v) is 12.6. The summed E-state index contributed by atoms with van der Waals surface area (Å²) in [6.45, 7) is 7.72. The summed E-state index contributed by atoms with van der Waals surface area (Å²) in [6.07, 6.45) is 0. The van der Waals surface area contributed by atoms with Gasteiger partial charge in [-0.05, 0) is 32.0 Å². The quantitative estimate of drug-likeness (QED) is 0.854. The fourth-order valence-electron chi connectivity index (χ4n) is 2.77. The average Bonchev–Trinajstić information content (AvgIpc) is 2.47. The molecule has 0 radical (unpaired) electrons. The van der Waals surface area contributed by atoms with Gasteiger partial charge >= 0.3 is 0 Å². The summed E-state index contributed by atoms with van der Waals surface area (Å²) in [5.74, 6) is 0.841. The SMILES string of the molecule is Cc1cc(C)nc(N2CCN(c3ccccc3N)CC2)n1. The van der Waals surface area contributed by atoms with E-state index in [-0.39, 0.29) is 0 Å². The number of piperazine rings is 1. The van der Waals surface area contributed by atoms with Crippen LogP contribution < -0.4 is 15.5 Å². The predicted molar refractivity (Wildman–Crippen MR) is 86.8 cm³/mol. The molecule has 3 rings (SSSR count). The Hall–Kier alpha value is -2.30. The molecule has 0 saturated carbocycles. The van der Waals surface area contributed by atoms with Gasteiger partial charge in [0.1, 0.15) is 0 Å². The Morgan fingerprint density at radius 2 is 1.48 bits per heavy atom. The first kappa shape index (κ1) is 13.7. The molecule has 2 aromatic rings. The van der Waals surface area contributed by atoms with Crippen LogP contribution in [0, 0.1) is 13.8 Å². The number of hydrogen-bond donors (Lipinski definition) is 1. The van der Waals surface area contributed by atoms with Crippen molar-refractivity contribution in [3.63, 3.8) is 0 Å². The number of rotatable bonds is 2. The number of anilines is 3. The summed E-state index contributed by atoms with van der Waals surface area (Å²) in [5, 5.41) is 0. The van der Waals surface area contributed by atoms with E-state index in [0.717, 1.165) is 54.9 Å². The van der Waals surface area contributed by atoms with Gasteiger partial charge in [-0.3, -0.25) is 0 Å². The van der Waals surface area contributed by atoms with Crippen LogP contribution in [-0.4, -0.2) is 36.1 Å². The molecule has 0 atom stereocenters. The molecule has 1 saturated heterocycles. The molecule has 110 valence electrons. The van der Waals surface area contributed by atoms with E-state index in [0.29, 0.717) is 0 Å². The van der Waals surface area contributed by atoms with Gasteiger partial charge in [-0.15, -0.1) is 0 Å². The molecular formula is C16H21N5. The zero-order chi connectivity index (χ0) is 14.8. The Morgan fingerprint density at radius 3 is 2.10 bits per heavy atom. The second kappa shape index (κ2) is 5.60. The van der Waals surface area contributed by atoms with Gasteiger partial charge in [0.2, 0.25) is 5.95 Å². The van der Waals surface area contributed by atoms with Gasteiger partial charge in [-0.2, -0.15) is 0 Å². The van der Waals surface area contributed by atoms with Crippen LogP contribution >= 0.6 is 0 Å². The van der Waals surface area contributed by atoms with Crippen LogP contribution in [-0.2, 0) is 0 Å². The van der Waals surface area contributed by atoms with E-state index in [1.54, 1.807) is 0 Å². The highest BCUT2D eigenvalue weighted by Gasteiger charge is 2.20. The van der Waals surface area contributed by atoms with E-state index in [2.05, 4.69) is 25.8 Å². The number of para-hydroxylation sites is 2. The number of nitrogens with two attached hydrogens (primary N) is 1. The third kappa shape index (κ3) is 2.91. The van der Waals surface area contributed by atoms with Crippen molar-refractivity contribution in [2.75, 3.05) is 41.7 Å². The maximum atomic E-state index is 6.06. The number of nitrogen functional groups attached to an aromatic ring is 1. The number of hydrogen-bond acceptors (Lipinski definition) is 5. The molecule has 5 nitrogen and oxygen atoms in total. The second-order valence-electron chi connectivity index (χ2n) is 5.48. The molecule has 0 unspecified atom stereocenters. The second-order valence-corrected chi connectivity index (χ2v) is 5.48. The number of benzene rings is 1. The van der Waals surface area contributed by atoms with Gasteiger partial charge in [0, 0.05) is 37.6 Å².